The fraction of sp³-hybridized carbons (Fsp3) is 0.733. The molecule has 21 heavy (non-hydrogen) atoms. The highest BCUT2D eigenvalue weighted by Crippen LogP contribution is 2.10. The lowest BCUT2D eigenvalue weighted by Crippen LogP contribution is -2.34. The molecule has 6 heteroatoms. The first kappa shape index (κ1) is 16.0. The molecule has 1 aliphatic heterocycles. The van der Waals surface area contributed by atoms with Gasteiger partial charge in [-0.1, -0.05) is 19.0 Å². The molecule has 1 N–H and O–H groups in total. The highest BCUT2D eigenvalue weighted by molar-refractivity contribution is 5.75. The summed E-state index contributed by atoms with van der Waals surface area (Å²) in [6, 6.07) is 1.91. The topological polar surface area (TPSA) is 67.6 Å². The Morgan fingerprint density at radius 2 is 2.33 bits per heavy atom. The predicted octanol–water partition coefficient (Wildman–Crippen LogP) is 1.91. The summed E-state index contributed by atoms with van der Waals surface area (Å²) < 4.78 is 5.23. The highest BCUT2D eigenvalue weighted by atomic mass is 16.7. The second-order valence-corrected chi connectivity index (χ2v) is 5.88. The van der Waals surface area contributed by atoms with Crippen LogP contribution in [-0.4, -0.2) is 35.8 Å². The van der Waals surface area contributed by atoms with Crippen molar-refractivity contribution >= 4 is 5.91 Å². The molecule has 0 spiro atoms. The van der Waals surface area contributed by atoms with Crippen molar-refractivity contribution in [3.05, 3.63) is 17.5 Å². The van der Waals surface area contributed by atoms with E-state index >= 15 is 0 Å². The molecule has 0 atom stereocenters. The van der Waals surface area contributed by atoms with Crippen LogP contribution in [-0.2, 0) is 22.6 Å². The van der Waals surface area contributed by atoms with Gasteiger partial charge in [0, 0.05) is 32.0 Å². The number of hydroxylamine groups is 2. The summed E-state index contributed by atoms with van der Waals surface area (Å²) >= 11 is 0. The van der Waals surface area contributed by atoms with Crippen molar-refractivity contribution in [2.24, 2.45) is 5.92 Å². The van der Waals surface area contributed by atoms with Gasteiger partial charge in [-0.2, -0.15) is 5.06 Å². The van der Waals surface area contributed by atoms with Crippen molar-refractivity contribution in [1.29, 1.82) is 0 Å². The maximum Gasteiger partial charge on any atom is 0.221 e. The number of hydrogen-bond donors (Lipinski definition) is 1. The van der Waals surface area contributed by atoms with Gasteiger partial charge in [0.05, 0.1) is 13.2 Å². The molecule has 1 aromatic rings. The minimum Gasteiger partial charge on any atom is -0.361 e. The Hall–Kier alpha value is -1.40. The van der Waals surface area contributed by atoms with E-state index in [1.54, 1.807) is 0 Å². The molecule has 0 bridgehead atoms. The van der Waals surface area contributed by atoms with Crippen LogP contribution in [0.25, 0.3) is 0 Å². The molecular weight excluding hydrogens is 270 g/mol. The lowest BCUT2D eigenvalue weighted by Gasteiger charge is -2.25. The Kier molecular flexibility index (Phi) is 6.20. The second-order valence-electron chi connectivity index (χ2n) is 5.88. The van der Waals surface area contributed by atoms with Crippen LogP contribution in [0.5, 0.6) is 0 Å². The molecule has 1 fully saturated rings. The van der Waals surface area contributed by atoms with Crippen LogP contribution in [0.4, 0.5) is 0 Å². The van der Waals surface area contributed by atoms with Gasteiger partial charge in [-0.3, -0.25) is 9.63 Å². The predicted molar refractivity (Wildman–Crippen MR) is 78.3 cm³/mol. The fourth-order valence-electron chi connectivity index (χ4n) is 2.27. The Morgan fingerprint density at radius 3 is 3.05 bits per heavy atom. The van der Waals surface area contributed by atoms with Gasteiger partial charge in [0.25, 0.3) is 0 Å². The first-order valence-electron chi connectivity index (χ1n) is 7.72. The van der Waals surface area contributed by atoms with Crippen LogP contribution in [0.1, 0.15) is 44.6 Å². The quantitative estimate of drug-likeness (QED) is 0.832. The minimum atomic E-state index is 0.0117. The molecule has 2 rings (SSSR count). The van der Waals surface area contributed by atoms with E-state index in [2.05, 4.69) is 24.3 Å². The summed E-state index contributed by atoms with van der Waals surface area (Å²) in [5, 5.41) is 8.70. The SMILES string of the molecule is CC(C)Cc1cc(CNC(=O)CCN2CCCCO2)no1. The van der Waals surface area contributed by atoms with Gasteiger partial charge in [0.2, 0.25) is 5.91 Å². The summed E-state index contributed by atoms with van der Waals surface area (Å²) in [7, 11) is 0. The van der Waals surface area contributed by atoms with E-state index in [1.807, 2.05) is 11.1 Å². The molecule has 0 radical (unpaired) electrons. The first-order valence-corrected chi connectivity index (χ1v) is 7.72. The number of rotatable bonds is 7. The molecule has 2 heterocycles. The van der Waals surface area contributed by atoms with E-state index in [4.69, 9.17) is 9.36 Å². The Balaban J connectivity index is 1.65. The van der Waals surface area contributed by atoms with Crippen LogP contribution in [0.2, 0.25) is 0 Å². The van der Waals surface area contributed by atoms with Crippen molar-refractivity contribution in [3.63, 3.8) is 0 Å². The standard InChI is InChI=1S/C15H25N3O3/c1-12(2)9-14-10-13(17-21-14)11-16-15(19)5-7-18-6-3-4-8-20-18/h10,12H,3-9,11H2,1-2H3,(H,16,19). The van der Waals surface area contributed by atoms with Crippen molar-refractivity contribution in [3.8, 4) is 0 Å². The van der Waals surface area contributed by atoms with Gasteiger partial charge >= 0.3 is 0 Å². The monoisotopic (exact) mass is 295 g/mol. The molecule has 0 aliphatic carbocycles. The molecule has 1 aliphatic rings. The fourth-order valence-corrected chi connectivity index (χ4v) is 2.27. The van der Waals surface area contributed by atoms with Gasteiger partial charge in [-0.05, 0) is 18.8 Å². The Morgan fingerprint density at radius 1 is 1.48 bits per heavy atom. The Bertz CT molecular complexity index is 439. The smallest absolute Gasteiger partial charge is 0.221 e. The van der Waals surface area contributed by atoms with Gasteiger partial charge < -0.3 is 9.84 Å². The average molecular weight is 295 g/mol. The van der Waals surface area contributed by atoms with E-state index in [-0.39, 0.29) is 5.91 Å². The lowest BCUT2D eigenvalue weighted by atomic mass is 10.1. The molecule has 6 nitrogen and oxygen atoms in total. The van der Waals surface area contributed by atoms with Crippen LogP contribution in [0.15, 0.2) is 10.6 Å². The summed E-state index contributed by atoms with van der Waals surface area (Å²) in [4.78, 5) is 17.2. The summed E-state index contributed by atoms with van der Waals surface area (Å²) in [5.74, 6) is 1.42. The molecule has 1 aromatic heterocycles. The highest BCUT2D eigenvalue weighted by Gasteiger charge is 2.13. The van der Waals surface area contributed by atoms with Crippen LogP contribution < -0.4 is 5.32 Å². The second kappa shape index (κ2) is 8.14. The van der Waals surface area contributed by atoms with Gasteiger partial charge in [-0.25, -0.2) is 0 Å². The van der Waals surface area contributed by atoms with E-state index < -0.39 is 0 Å². The van der Waals surface area contributed by atoms with Gasteiger partial charge in [-0.15, -0.1) is 0 Å². The number of nitrogens with zero attached hydrogens (tertiary/aromatic N) is 2. The van der Waals surface area contributed by atoms with E-state index in [1.165, 1.54) is 0 Å². The molecule has 0 saturated carbocycles. The number of nitrogens with one attached hydrogen (secondary N) is 1. The van der Waals surface area contributed by atoms with E-state index in [0.29, 0.717) is 25.4 Å². The summed E-state index contributed by atoms with van der Waals surface area (Å²) in [6.07, 6.45) is 3.55. The van der Waals surface area contributed by atoms with Gasteiger partial charge in [0.15, 0.2) is 0 Å². The van der Waals surface area contributed by atoms with Crippen molar-refractivity contribution in [2.75, 3.05) is 19.7 Å². The number of aromatic nitrogens is 1. The molecular formula is C15H25N3O3. The maximum absolute atomic E-state index is 11.8. The summed E-state index contributed by atoms with van der Waals surface area (Å²) in [5.41, 5.74) is 0.772. The van der Waals surface area contributed by atoms with Gasteiger partial charge in [0.1, 0.15) is 11.5 Å². The molecule has 0 unspecified atom stereocenters. The largest absolute Gasteiger partial charge is 0.361 e. The lowest BCUT2D eigenvalue weighted by molar-refractivity contribution is -0.181. The van der Waals surface area contributed by atoms with Crippen LogP contribution >= 0.6 is 0 Å². The number of carbonyl (C=O) groups excluding carboxylic acids is 1. The van der Waals surface area contributed by atoms with Crippen molar-refractivity contribution in [2.45, 2.75) is 46.1 Å². The third kappa shape index (κ3) is 5.85. The zero-order chi connectivity index (χ0) is 15.1. The first-order chi connectivity index (χ1) is 10.1. The molecule has 1 saturated heterocycles. The Labute approximate surface area is 125 Å². The van der Waals surface area contributed by atoms with Crippen molar-refractivity contribution in [1.82, 2.24) is 15.5 Å². The molecule has 0 aromatic carbocycles. The summed E-state index contributed by atoms with van der Waals surface area (Å²) in [6.45, 7) is 7.00. The zero-order valence-corrected chi connectivity index (χ0v) is 12.9. The number of carbonyl (C=O) groups is 1. The number of amides is 1. The van der Waals surface area contributed by atoms with E-state index in [9.17, 15) is 4.79 Å². The molecule has 1 amide bonds. The average Bonchev–Trinajstić information content (AvgIpc) is 2.91. The van der Waals surface area contributed by atoms with Crippen LogP contribution in [0.3, 0.4) is 0 Å². The van der Waals surface area contributed by atoms with Crippen LogP contribution in [0, 0.1) is 5.92 Å². The van der Waals surface area contributed by atoms with Crippen molar-refractivity contribution < 1.29 is 14.2 Å². The molecule has 118 valence electrons. The maximum atomic E-state index is 11.8. The third-order valence-electron chi connectivity index (χ3n) is 3.35. The number of hydrogen-bond acceptors (Lipinski definition) is 5. The third-order valence-corrected chi connectivity index (χ3v) is 3.35. The van der Waals surface area contributed by atoms with E-state index in [0.717, 1.165) is 43.9 Å². The zero-order valence-electron chi connectivity index (χ0n) is 12.9. The minimum absolute atomic E-state index is 0.0117. The normalized spacial score (nSPS) is 16.3.